The predicted molar refractivity (Wildman–Crippen MR) is 71.6 cm³/mol. The molecule has 3 N–H and O–H groups in total. The summed E-state index contributed by atoms with van der Waals surface area (Å²) in [7, 11) is 0. The number of hydrogen-bond acceptors (Lipinski definition) is 5. The van der Waals surface area contributed by atoms with Gasteiger partial charge in [0.1, 0.15) is 11.6 Å². The zero-order valence-corrected chi connectivity index (χ0v) is 10.8. The largest absolute Gasteiger partial charge is 0.493 e. The van der Waals surface area contributed by atoms with Gasteiger partial charge in [-0.3, -0.25) is 5.84 Å². The molecule has 1 unspecified atom stereocenters. The number of nitrogens with two attached hydrogens (primary N) is 1. The number of aryl methyl sites for hydroxylation is 1. The molecule has 2 heterocycles. The third kappa shape index (κ3) is 2.18. The van der Waals surface area contributed by atoms with Crippen molar-refractivity contribution < 1.29 is 4.74 Å². The number of rotatable bonds is 3. The highest BCUT2D eigenvalue weighted by Gasteiger charge is 2.23. The summed E-state index contributed by atoms with van der Waals surface area (Å²) < 4.78 is 5.73. The second-order valence-corrected chi connectivity index (χ2v) is 4.56. The van der Waals surface area contributed by atoms with Gasteiger partial charge in [0, 0.05) is 18.2 Å². The monoisotopic (exact) mass is 256 g/mol. The Morgan fingerprint density at radius 1 is 1.37 bits per heavy atom. The Hall–Kier alpha value is -1.98. The maximum absolute atomic E-state index is 5.73. The van der Waals surface area contributed by atoms with Gasteiger partial charge < -0.3 is 4.74 Å². The number of aromatic nitrogens is 2. The van der Waals surface area contributed by atoms with Gasteiger partial charge in [-0.2, -0.15) is 0 Å². The lowest BCUT2D eigenvalue weighted by atomic mass is 10.00. The summed E-state index contributed by atoms with van der Waals surface area (Å²) in [5, 5.41) is 0. The molecule has 5 heteroatoms. The molecule has 0 amide bonds. The van der Waals surface area contributed by atoms with Gasteiger partial charge in [0.05, 0.1) is 18.3 Å². The van der Waals surface area contributed by atoms with Crippen LogP contribution in [0.5, 0.6) is 5.75 Å². The summed E-state index contributed by atoms with van der Waals surface area (Å²) in [6.45, 7) is 2.59. The summed E-state index contributed by atoms with van der Waals surface area (Å²) in [6, 6.07) is 7.82. The fourth-order valence-corrected chi connectivity index (χ4v) is 2.44. The lowest BCUT2D eigenvalue weighted by Gasteiger charge is -2.18. The number of hydrogen-bond donors (Lipinski definition) is 2. The van der Waals surface area contributed by atoms with Crippen LogP contribution in [0.25, 0.3) is 0 Å². The molecular formula is C14H16N4O. The van der Waals surface area contributed by atoms with Crippen molar-refractivity contribution in [3.63, 3.8) is 0 Å². The predicted octanol–water partition coefficient (Wildman–Crippen LogP) is 1.27. The number of nitrogens with one attached hydrogen (secondary N) is 1. The molecule has 19 heavy (non-hydrogen) atoms. The van der Waals surface area contributed by atoms with Gasteiger partial charge >= 0.3 is 0 Å². The molecule has 5 nitrogen and oxygen atoms in total. The quantitative estimate of drug-likeness (QED) is 0.639. The van der Waals surface area contributed by atoms with Crippen molar-refractivity contribution >= 4 is 0 Å². The zero-order chi connectivity index (χ0) is 13.2. The fraction of sp³-hybridized carbons (Fsp3) is 0.286. The molecule has 2 aromatic rings. The minimum atomic E-state index is -0.185. The van der Waals surface area contributed by atoms with Gasteiger partial charge in [-0.25, -0.2) is 15.4 Å². The molecular weight excluding hydrogens is 240 g/mol. The molecule has 0 fully saturated rings. The Morgan fingerprint density at radius 2 is 2.26 bits per heavy atom. The molecule has 1 aliphatic rings. The van der Waals surface area contributed by atoms with Crippen molar-refractivity contribution in [2.75, 3.05) is 6.61 Å². The molecule has 98 valence electrons. The standard InChI is InChI=1S/C14H16N4O/c1-9-16-7-5-12(17-9)13(18-15)11-4-2-3-10-6-8-19-14(10)11/h2-5,7,13,18H,6,8,15H2,1H3. The van der Waals surface area contributed by atoms with Crippen LogP contribution in [0, 0.1) is 6.92 Å². The van der Waals surface area contributed by atoms with Gasteiger partial charge in [0.2, 0.25) is 0 Å². The average molecular weight is 256 g/mol. The van der Waals surface area contributed by atoms with E-state index < -0.39 is 0 Å². The number of fused-ring (bicyclic) bond motifs is 1. The second kappa shape index (κ2) is 4.95. The first-order valence-electron chi connectivity index (χ1n) is 6.30. The number of para-hydroxylation sites is 1. The molecule has 0 aliphatic carbocycles. The molecule has 0 saturated heterocycles. The SMILES string of the molecule is Cc1nccc(C(NN)c2cccc3c2OCC3)n1. The van der Waals surface area contributed by atoms with Crippen LogP contribution in [-0.2, 0) is 6.42 Å². The normalized spacial score (nSPS) is 14.8. The highest BCUT2D eigenvalue weighted by Crippen LogP contribution is 2.35. The zero-order valence-electron chi connectivity index (χ0n) is 10.8. The van der Waals surface area contributed by atoms with E-state index in [1.807, 2.05) is 25.1 Å². The lowest BCUT2D eigenvalue weighted by molar-refractivity contribution is 0.350. The van der Waals surface area contributed by atoms with E-state index in [4.69, 9.17) is 10.6 Å². The maximum atomic E-state index is 5.73. The van der Waals surface area contributed by atoms with Gasteiger partial charge in [0.15, 0.2) is 0 Å². The Labute approximate surface area is 111 Å². The Kier molecular flexibility index (Phi) is 3.15. The van der Waals surface area contributed by atoms with E-state index in [9.17, 15) is 0 Å². The number of benzene rings is 1. The fourth-order valence-electron chi connectivity index (χ4n) is 2.44. The summed E-state index contributed by atoms with van der Waals surface area (Å²) in [6.07, 6.45) is 2.69. The lowest BCUT2D eigenvalue weighted by Crippen LogP contribution is -2.30. The van der Waals surface area contributed by atoms with Crippen LogP contribution in [0.4, 0.5) is 0 Å². The van der Waals surface area contributed by atoms with Crippen molar-refractivity contribution in [1.29, 1.82) is 0 Å². The number of hydrazine groups is 1. The summed E-state index contributed by atoms with van der Waals surface area (Å²) >= 11 is 0. The Morgan fingerprint density at radius 3 is 3.05 bits per heavy atom. The minimum Gasteiger partial charge on any atom is -0.493 e. The first-order chi connectivity index (χ1) is 9.29. The van der Waals surface area contributed by atoms with E-state index in [-0.39, 0.29) is 6.04 Å². The van der Waals surface area contributed by atoms with Gasteiger partial charge in [-0.15, -0.1) is 0 Å². The number of nitrogens with zero attached hydrogens (tertiary/aromatic N) is 2. The molecule has 1 aliphatic heterocycles. The molecule has 1 atom stereocenters. The van der Waals surface area contributed by atoms with E-state index in [2.05, 4.69) is 21.5 Å². The molecule has 0 spiro atoms. The number of ether oxygens (including phenoxy) is 1. The van der Waals surface area contributed by atoms with Crippen molar-refractivity contribution in [1.82, 2.24) is 15.4 Å². The highest BCUT2D eigenvalue weighted by atomic mass is 16.5. The van der Waals surface area contributed by atoms with Gasteiger partial charge in [0.25, 0.3) is 0 Å². The van der Waals surface area contributed by atoms with Crippen molar-refractivity contribution in [3.8, 4) is 5.75 Å². The van der Waals surface area contributed by atoms with E-state index in [1.54, 1.807) is 6.20 Å². The van der Waals surface area contributed by atoms with Crippen LogP contribution in [-0.4, -0.2) is 16.6 Å². The summed E-state index contributed by atoms with van der Waals surface area (Å²) in [5.74, 6) is 7.38. The molecule has 0 bridgehead atoms. The van der Waals surface area contributed by atoms with Crippen LogP contribution < -0.4 is 16.0 Å². The first kappa shape index (κ1) is 12.1. The first-order valence-corrected chi connectivity index (χ1v) is 6.30. The smallest absolute Gasteiger partial charge is 0.127 e. The van der Waals surface area contributed by atoms with Crippen LogP contribution in [0.15, 0.2) is 30.5 Å². The van der Waals surface area contributed by atoms with Crippen LogP contribution in [0.2, 0.25) is 0 Å². The third-order valence-electron chi connectivity index (χ3n) is 3.32. The Balaban J connectivity index is 2.06. The van der Waals surface area contributed by atoms with Crippen molar-refractivity contribution in [2.45, 2.75) is 19.4 Å². The molecule has 0 radical (unpaired) electrons. The van der Waals surface area contributed by atoms with Crippen LogP contribution in [0.1, 0.15) is 28.7 Å². The third-order valence-corrected chi connectivity index (χ3v) is 3.32. The molecule has 0 saturated carbocycles. The Bertz CT molecular complexity index is 600. The van der Waals surface area contributed by atoms with Crippen LogP contribution in [0.3, 0.4) is 0 Å². The summed E-state index contributed by atoms with van der Waals surface area (Å²) in [4.78, 5) is 8.55. The van der Waals surface area contributed by atoms with Crippen molar-refractivity contribution in [3.05, 3.63) is 53.1 Å². The topological polar surface area (TPSA) is 73.1 Å². The minimum absolute atomic E-state index is 0.185. The maximum Gasteiger partial charge on any atom is 0.127 e. The summed E-state index contributed by atoms with van der Waals surface area (Å²) in [5.41, 5.74) is 5.92. The molecule has 1 aromatic heterocycles. The second-order valence-electron chi connectivity index (χ2n) is 4.56. The van der Waals surface area contributed by atoms with E-state index in [0.29, 0.717) is 0 Å². The van der Waals surface area contributed by atoms with Crippen LogP contribution >= 0.6 is 0 Å². The van der Waals surface area contributed by atoms with E-state index in [1.165, 1.54) is 5.56 Å². The van der Waals surface area contributed by atoms with Gasteiger partial charge in [-0.1, -0.05) is 18.2 Å². The van der Waals surface area contributed by atoms with Crippen molar-refractivity contribution in [2.24, 2.45) is 5.84 Å². The highest BCUT2D eigenvalue weighted by molar-refractivity contribution is 5.47. The van der Waals surface area contributed by atoms with Gasteiger partial charge in [-0.05, 0) is 18.6 Å². The van der Waals surface area contributed by atoms with E-state index in [0.717, 1.165) is 35.9 Å². The van der Waals surface area contributed by atoms with E-state index >= 15 is 0 Å². The molecule has 1 aromatic carbocycles. The molecule has 3 rings (SSSR count). The average Bonchev–Trinajstić information content (AvgIpc) is 2.89.